The summed E-state index contributed by atoms with van der Waals surface area (Å²) in [6, 6.07) is 36.5. The van der Waals surface area contributed by atoms with E-state index >= 15 is 0 Å². The Balaban J connectivity index is 0.000000181. The van der Waals surface area contributed by atoms with Crippen molar-refractivity contribution in [2.45, 2.75) is 29.5 Å². The molecule has 0 unspecified atom stereocenters. The largest absolute Gasteiger partial charge is 0.392 e. The van der Waals surface area contributed by atoms with Crippen LogP contribution in [-0.4, -0.2) is 28.2 Å². The van der Waals surface area contributed by atoms with Gasteiger partial charge in [0.2, 0.25) is 0 Å². The lowest BCUT2D eigenvalue weighted by molar-refractivity contribution is 0.112. The molecule has 0 fully saturated rings. The van der Waals surface area contributed by atoms with Crippen LogP contribution in [0.2, 0.25) is 0 Å². The lowest BCUT2D eigenvalue weighted by atomic mass is 10.1. The zero-order valence-electron chi connectivity index (χ0n) is 31.1. The molecule has 1 N–H and O–H groups in total. The molecular formula is C44H32F4N2O6S4. The van der Waals surface area contributed by atoms with Crippen molar-refractivity contribution in [3.05, 3.63) is 191 Å². The lowest BCUT2D eigenvalue weighted by Gasteiger charge is -2.24. The molecule has 0 aliphatic rings. The number of aliphatic hydroxyl groups is 1. The van der Waals surface area contributed by atoms with Crippen molar-refractivity contribution in [1.82, 2.24) is 0 Å². The molecule has 16 heteroatoms. The van der Waals surface area contributed by atoms with Crippen LogP contribution in [-0.2, 0) is 39.7 Å². The monoisotopic (exact) mass is 888 g/mol. The molecule has 0 spiro atoms. The summed E-state index contributed by atoms with van der Waals surface area (Å²) in [7, 11) is -8.13. The minimum Gasteiger partial charge on any atom is -0.392 e. The minimum absolute atomic E-state index is 0.0295. The summed E-state index contributed by atoms with van der Waals surface area (Å²) < 4.78 is 112. The van der Waals surface area contributed by atoms with Crippen LogP contribution in [0, 0.1) is 23.3 Å². The van der Waals surface area contributed by atoms with Gasteiger partial charge >= 0.3 is 0 Å². The van der Waals surface area contributed by atoms with Crippen molar-refractivity contribution >= 4 is 79.2 Å². The van der Waals surface area contributed by atoms with Gasteiger partial charge in [-0.05, 0) is 71.8 Å². The van der Waals surface area contributed by atoms with Crippen LogP contribution in [0.25, 0.3) is 20.2 Å². The Hall–Kier alpha value is -5.91. The van der Waals surface area contributed by atoms with Crippen molar-refractivity contribution in [2.75, 3.05) is 8.61 Å². The summed E-state index contributed by atoms with van der Waals surface area (Å²) >= 11 is 2.38. The van der Waals surface area contributed by atoms with E-state index in [4.69, 9.17) is 0 Å². The van der Waals surface area contributed by atoms with Gasteiger partial charge in [-0.15, -0.1) is 22.7 Å². The summed E-state index contributed by atoms with van der Waals surface area (Å²) in [5.41, 5.74) is 1.24. The van der Waals surface area contributed by atoms with Crippen LogP contribution in [0.4, 0.5) is 27.6 Å². The number of nitrogens with zero attached hydrogens (tertiary/aromatic N) is 2. The Labute approximate surface area is 350 Å². The maximum atomic E-state index is 13.8. The number of anilines is 2. The maximum absolute atomic E-state index is 13.8. The number of carbonyl (C=O) groups excluding carboxylic acids is 1. The second-order valence-corrected chi connectivity index (χ2v) is 18.9. The van der Waals surface area contributed by atoms with Crippen LogP contribution in [0.3, 0.4) is 0 Å². The minimum atomic E-state index is -4.09. The maximum Gasteiger partial charge on any atom is 0.265 e. The average molecular weight is 889 g/mol. The Morgan fingerprint density at radius 1 is 0.517 bits per heavy atom. The van der Waals surface area contributed by atoms with Crippen LogP contribution in [0.15, 0.2) is 155 Å². The number of sulfonamides is 2. The highest BCUT2D eigenvalue weighted by Gasteiger charge is 2.31. The second-order valence-electron chi connectivity index (χ2n) is 13.1. The van der Waals surface area contributed by atoms with Gasteiger partial charge < -0.3 is 5.11 Å². The Morgan fingerprint density at radius 2 is 0.933 bits per heavy atom. The highest BCUT2D eigenvalue weighted by molar-refractivity contribution is 7.93. The van der Waals surface area contributed by atoms with Gasteiger partial charge in [0, 0.05) is 25.7 Å². The van der Waals surface area contributed by atoms with E-state index in [1.54, 1.807) is 60.7 Å². The van der Waals surface area contributed by atoms with Gasteiger partial charge in [-0.25, -0.2) is 34.4 Å². The standard InChI is InChI=1S/C22H17F2NO3S2.C22H15F2NO3S2/c2*23-19-11-10-15(12-20(19)24)13-25(30(27,28)16-6-2-1-3-7-16)22-18(14-26)17-8-4-5-9-21(17)29-22/h1-12,26H,13-14H2;1-12,14H,13H2. The zero-order valence-corrected chi connectivity index (χ0v) is 34.3. The van der Waals surface area contributed by atoms with E-state index in [0.29, 0.717) is 22.2 Å². The molecule has 0 saturated carbocycles. The SMILES string of the molecule is O=Cc1c(N(Cc2ccc(F)c(F)c2)S(=O)(=O)c2ccccc2)sc2ccccc12.O=S(=O)(c1ccccc1)N(Cc1ccc(F)c(F)c1)c1sc2ccccc2c1CO. The molecule has 2 aromatic heterocycles. The molecule has 0 amide bonds. The van der Waals surface area contributed by atoms with Gasteiger partial charge in [0.1, 0.15) is 10.0 Å². The Morgan fingerprint density at radius 3 is 1.40 bits per heavy atom. The molecule has 6 aromatic carbocycles. The number of hydrogen-bond acceptors (Lipinski definition) is 8. The van der Waals surface area contributed by atoms with E-state index < -0.39 is 43.3 Å². The number of carbonyl (C=O) groups is 1. The summed E-state index contributed by atoms with van der Waals surface area (Å²) in [6.45, 7) is -0.839. The molecular weight excluding hydrogens is 857 g/mol. The van der Waals surface area contributed by atoms with Gasteiger partial charge in [0.15, 0.2) is 29.6 Å². The number of aldehydes is 1. The topological polar surface area (TPSA) is 112 Å². The van der Waals surface area contributed by atoms with E-state index in [1.807, 2.05) is 24.3 Å². The zero-order chi connectivity index (χ0) is 42.6. The van der Waals surface area contributed by atoms with Crippen molar-refractivity contribution in [3.63, 3.8) is 0 Å². The molecule has 60 heavy (non-hydrogen) atoms. The van der Waals surface area contributed by atoms with E-state index in [-0.39, 0.29) is 51.2 Å². The van der Waals surface area contributed by atoms with E-state index in [0.717, 1.165) is 59.0 Å². The fraction of sp³-hybridized carbons (Fsp3) is 0.0682. The Kier molecular flexibility index (Phi) is 12.5. The summed E-state index contributed by atoms with van der Waals surface area (Å²) in [6.07, 6.45) is 0.618. The lowest BCUT2D eigenvalue weighted by Crippen LogP contribution is -2.30. The summed E-state index contributed by atoms with van der Waals surface area (Å²) in [4.78, 5) is 12.0. The predicted octanol–water partition coefficient (Wildman–Crippen LogP) is 10.5. The number of benzene rings is 6. The van der Waals surface area contributed by atoms with E-state index in [2.05, 4.69) is 0 Å². The molecule has 0 aliphatic carbocycles. The number of hydrogen-bond donors (Lipinski definition) is 1. The molecule has 0 aliphatic heterocycles. The average Bonchev–Trinajstić information content (AvgIpc) is 3.83. The van der Waals surface area contributed by atoms with Gasteiger partial charge in [0.05, 0.1) is 35.1 Å². The number of aliphatic hydroxyl groups excluding tert-OH is 1. The first kappa shape index (κ1) is 42.2. The second kappa shape index (κ2) is 17.7. The fourth-order valence-electron chi connectivity index (χ4n) is 6.37. The summed E-state index contributed by atoms with van der Waals surface area (Å²) in [5.74, 6) is -4.15. The van der Waals surface area contributed by atoms with Crippen LogP contribution < -0.4 is 8.61 Å². The van der Waals surface area contributed by atoms with Gasteiger partial charge in [-0.2, -0.15) is 0 Å². The molecule has 2 heterocycles. The third kappa shape index (κ3) is 8.55. The van der Waals surface area contributed by atoms with Crippen molar-refractivity contribution in [2.24, 2.45) is 0 Å². The first-order valence-electron chi connectivity index (χ1n) is 17.9. The number of fused-ring (bicyclic) bond motifs is 2. The molecule has 0 bridgehead atoms. The van der Waals surface area contributed by atoms with E-state index in [1.165, 1.54) is 47.7 Å². The quantitative estimate of drug-likeness (QED) is 0.0966. The van der Waals surface area contributed by atoms with Crippen molar-refractivity contribution in [1.29, 1.82) is 0 Å². The predicted molar refractivity (Wildman–Crippen MR) is 227 cm³/mol. The fourth-order valence-corrected chi connectivity index (χ4v) is 12.2. The molecule has 8 rings (SSSR count). The van der Waals surface area contributed by atoms with E-state index in [9.17, 15) is 44.3 Å². The highest BCUT2D eigenvalue weighted by Crippen LogP contribution is 2.42. The number of thiophene rings is 2. The number of rotatable bonds is 12. The van der Waals surface area contributed by atoms with Gasteiger partial charge in [-0.1, -0.05) is 84.9 Å². The smallest absolute Gasteiger partial charge is 0.265 e. The molecule has 306 valence electrons. The third-order valence-corrected chi connectivity index (χ3v) is 15.5. The third-order valence-electron chi connectivity index (χ3n) is 9.30. The van der Waals surface area contributed by atoms with Gasteiger partial charge in [-0.3, -0.25) is 13.4 Å². The molecule has 0 atom stereocenters. The van der Waals surface area contributed by atoms with Crippen LogP contribution in [0.1, 0.15) is 27.0 Å². The number of halogens is 4. The van der Waals surface area contributed by atoms with Gasteiger partial charge in [0.25, 0.3) is 20.0 Å². The first-order valence-corrected chi connectivity index (χ1v) is 22.5. The van der Waals surface area contributed by atoms with Crippen LogP contribution >= 0.6 is 22.7 Å². The molecule has 8 aromatic rings. The van der Waals surface area contributed by atoms with Crippen molar-refractivity contribution in [3.8, 4) is 0 Å². The van der Waals surface area contributed by atoms with Crippen LogP contribution in [0.5, 0.6) is 0 Å². The van der Waals surface area contributed by atoms with Crippen molar-refractivity contribution < 1.29 is 44.3 Å². The Bertz CT molecular complexity index is 3050. The molecule has 0 saturated heterocycles. The first-order chi connectivity index (χ1) is 28.8. The molecule has 8 nitrogen and oxygen atoms in total. The summed E-state index contributed by atoms with van der Waals surface area (Å²) in [5, 5.41) is 12.0. The highest BCUT2D eigenvalue weighted by atomic mass is 32.2. The normalized spacial score (nSPS) is 11.6. The molecule has 0 radical (unpaired) electrons.